The SMILES string of the molecule is Cn1ncnc1-c1cc(C(=O)NC(CN)Cc2ccccc2F)sc1Cl. The molecule has 0 aliphatic carbocycles. The minimum atomic E-state index is -0.390. The second kappa shape index (κ2) is 7.94. The fourth-order valence-electron chi connectivity index (χ4n) is 2.55. The fraction of sp³-hybridized carbons (Fsp3) is 0.235. The van der Waals surface area contributed by atoms with E-state index in [1.165, 1.54) is 12.4 Å². The Bertz CT molecular complexity index is 926. The van der Waals surface area contributed by atoms with Gasteiger partial charge >= 0.3 is 0 Å². The van der Waals surface area contributed by atoms with E-state index >= 15 is 0 Å². The van der Waals surface area contributed by atoms with Gasteiger partial charge in [-0.15, -0.1) is 11.3 Å². The van der Waals surface area contributed by atoms with Crippen molar-refractivity contribution < 1.29 is 9.18 Å². The number of rotatable bonds is 6. The third-order valence-corrected chi connectivity index (χ3v) is 5.26. The van der Waals surface area contributed by atoms with Crippen molar-refractivity contribution in [1.29, 1.82) is 0 Å². The quantitative estimate of drug-likeness (QED) is 0.674. The van der Waals surface area contributed by atoms with Gasteiger partial charge in [-0.25, -0.2) is 14.1 Å². The summed E-state index contributed by atoms with van der Waals surface area (Å²) in [6, 6.07) is 7.72. The monoisotopic (exact) mass is 393 g/mol. The molecule has 3 N–H and O–H groups in total. The third kappa shape index (κ3) is 3.92. The van der Waals surface area contributed by atoms with Crippen molar-refractivity contribution in [2.45, 2.75) is 12.5 Å². The maximum atomic E-state index is 13.8. The van der Waals surface area contributed by atoms with E-state index in [9.17, 15) is 9.18 Å². The molecule has 1 amide bonds. The zero-order valence-electron chi connectivity index (χ0n) is 13.9. The molecule has 2 aromatic heterocycles. The third-order valence-electron chi connectivity index (χ3n) is 3.91. The standard InChI is InChI=1S/C17H17ClFN5OS/c1-24-16(21-9-22-24)12-7-14(26-15(12)18)17(25)23-11(8-20)6-10-4-2-3-5-13(10)19/h2-5,7,9,11H,6,8,20H2,1H3,(H,23,25). The number of carbonyl (C=O) groups excluding carboxylic acids is 1. The number of aromatic nitrogens is 3. The maximum absolute atomic E-state index is 13.8. The van der Waals surface area contributed by atoms with Gasteiger partial charge in [-0.1, -0.05) is 29.8 Å². The van der Waals surface area contributed by atoms with E-state index in [2.05, 4.69) is 15.4 Å². The Labute approximate surface area is 158 Å². The zero-order chi connectivity index (χ0) is 18.7. The Morgan fingerprint density at radius 1 is 1.46 bits per heavy atom. The summed E-state index contributed by atoms with van der Waals surface area (Å²) in [6.45, 7) is 0.190. The van der Waals surface area contributed by atoms with E-state index in [1.807, 2.05) is 0 Å². The Morgan fingerprint density at radius 3 is 2.88 bits per heavy atom. The fourth-order valence-corrected chi connectivity index (χ4v) is 3.72. The van der Waals surface area contributed by atoms with Crippen LogP contribution in [0.4, 0.5) is 4.39 Å². The number of hydrogen-bond acceptors (Lipinski definition) is 5. The molecule has 0 spiro atoms. The molecule has 0 radical (unpaired) electrons. The maximum Gasteiger partial charge on any atom is 0.261 e. The first-order valence-electron chi connectivity index (χ1n) is 7.87. The average Bonchev–Trinajstić information content (AvgIpc) is 3.21. The van der Waals surface area contributed by atoms with Crippen molar-refractivity contribution in [1.82, 2.24) is 20.1 Å². The molecular formula is C17H17ClFN5OS. The van der Waals surface area contributed by atoms with Gasteiger partial charge in [0, 0.05) is 25.2 Å². The number of amides is 1. The summed E-state index contributed by atoms with van der Waals surface area (Å²) in [5.41, 5.74) is 6.89. The molecule has 0 fully saturated rings. The van der Waals surface area contributed by atoms with Crippen molar-refractivity contribution in [3.05, 3.63) is 57.3 Å². The van der Waals surface area contributed by atoms with Crippen LogP contribution < -0.4 is 11.1 Å². The van der Waals surface area contributed by atoms with Crippen LogP contribution in [0.5, 0.6) is 0 Å². The largest absolute Gasteiger partial charge is 0.347 e. The van der Waals surface area contributed by atoms with Gasteiger partial charge < -0.3 is 11.1 Å². The lowest BCUT2D eigenvalue weighted by molar-refractivity contribution is 0.0942. The summed E-state index contributed by atoms with van der Waals surface area (Å²) in [5, 5.41) is 6.84. The molecule has 1 atom stereocenters. The van der Waals surface area contributed by atoms with Crippen LogP contribution in [-0.4, -0.2) is 33.3 Å². The Kier molecular flexibility index (Phi) is 5.65. The first-order chi connectivity index (χ1) is 12.5. The molecule has 0 aliphatic heterocycles. The molecule has 3 aromatic rings. The highest BCUT2D eigenvalue weighted by Crippen LogP contribution is 2.34. The van der Waals surface area contributed by atoms with Crippen LogP contribution in [0, 0.1) is 5.82 Å². The molecule has 2 heterocycles. The number of nitrogens with two attached hydrogens (primary N) is 1. The molecule has 0 bridgehead atoms. The number of hydrogen-bond donors (Lipinski definition) is 2. The lowest BCUT2D eigenvalue weighted by Gasteiger charge is -2.16. The summed E-state index contributed by atoms with van der Waals surface area (Å²) in [5.74, 6) is -0.0481. The van der Waals surface area contributed by atoms with Crippen LogP contribution in [-0.2, 0) is 13.5 Å². The number of halogens is 2. The molecule has 1 aromatic carbocycles. The summed E-state index contributed by atoms with van der Waals surface area (Å²) in [6.07, 6.45) is 1.73. The molecule has 9 heteroatoms. The number of thiophene rings is 1. The number of benzene rings is 1. The highest BCUT2D eigenvalue weighted by molar-refractivity contribution is 7.18. The van der Waals surface area contributed by atoms with Gasteiger partial charge in [0.25, 0.3) is 5.91 Å². The van der Waals surface area contributed by atoms with Crippen molar-refractivity contribution in [3.8, 4) is 11.4 Å². The molecule has 0 saturated heterocycles. The van der Waals surface area contributed by atoms with E-state index in [0.29, 0.717) is 32.6 Å². The van der Waals surface area contributed by atoms with Crippen molar-refractivity contribution in [2.24, 2.45) is 12.8 Å². The topological polar surface area (TPSA) is 85.8 Å². The Balaban J connectivity index is 1.75. The van der Waals surface area contributed by atoms with Gasteiger partial charge in [0.05, 0.1) is 4.88 Å². The van der Waals surface area contributed by atoms with Gasteiger partial charge in [-0.3, -0.25) is 4.79 Å². The van der Waals surface area contributed by atoms with Crippen LogP contribution >= 0.6 is 22.9 Å². The van der Waals surface area contributed by atoms with Crippen LogP contribution in [0.2, 0.25) is 4.34 Å². The van der Waals surface area contributed by atoms with Gasteiger partial charge in [0.2, 0.25) is 0 Å². The molecule has 6 nitrogen and oxygen atoms in total. The highest BCUT2D eigenvalue weighted by Gasteiger charge is 2.20. The molecular weight excluding hydrogens is 377 g/mol. The molecule has 1 unspecified atom stereocenters. The minimum absolute atomic E-state index is 0.190. The van der Waals surface area contributed by atoms with Crippen molar-refractivity contribution >= 4 is 28.8 Å². The normalized spacial score (nSPS) is 12.2. The lowest BCUT2D eigenvalue weighted by Crippen LogP contribution is -2.41. The predicted molar refractivity (Wildman–Crippen MR) is 99.7 cm³/mol. The molecule has 136 valence electrons. The van der Waals surface area contributed by atoms with Crippen LogP contribution in [0.3, 0.4) is 0 Å². The van der Waals surface area contributed by atoms with E-state index in [0.717, 1.165) is 11.3 Å². The van der Waals surface area contributed by atoms with E-state index in [1.54, 1.807) is 36.0 Å². The lowest BCUT2D eigenvalue weighted by atomic mass is 10.1. The predicted octanol–water partition coefficient (Wildman–Crippen LogP) is 2.64. The smallest absolute Gasteiger partial charge is 0.261 e. The zero-order valence-corrected chi connectivity index (χ0v) is 15.5. The van der Waals surface area contributed by atoms with Gasteiger partial charge in [-0.05, 0) is 24.1 Å². The Morgan fingerprint density at radius 2 is 2.23 bits per heavy atom. The van der Waals surface area contributed by atoms with Crippen molar-refractivity contribution in [2.75, 3.05) is 6.54 Å². The van der Waals surface area contributed by atoms with E-state index < -0.39 is 6.04 Å². The Hall–Kier alpha value is -2.29. The van der Waals surface area contributed by atoms with E-state index in [-0.39, 0.29) is 18.3 Å². The average molecular weight is 394 g/mol. The minimum Gasteiger partial charge on any atom is -0.347 e. The number of aryl methyl sites for hydroxylation is 1. The number of carbonyl (C=O) groups is 1. The van der Waals surface area contributed by atoms with Crippen molar-refractivity contribution in [3.63, 3.8) is 0 Å². The molecule has 0 saturated carbocycles. The number of nitrogens with zero attached hydrogens (tertiary/aromatic N) is 3. The second-order valence-electron chi connectivity index (χ2n) is 5.71. The molecule has 26 heavy (non-hydrogen) atoms. The summed E-state index contributed by atoms with van der Waals surface area (Å²) in [7, 11) is 1.74. The highest BCUT2D eigenvalue weighted by atomic mass is 35.5. The molecule has 0 aliphatic rings. The van der Waals surface area contributed by atoms with Gasteiger partial charge in [-0.2, -0.15) is 5.10 Å². The summed E-state index contributed by atoms with van der Waals surface area (Å²) in [4.78, 5) is 17.1. The molecule has 3 rings (SSSR count). The van der Waals surface area contributed by atoms with Crippen LogP contribution in [0.15, 0.2) is 36.7 Å². The van der Waals surface area contributed by atoms with Gasteiger partial charge in [0.15, 0.2) is 5.82 Å². The number of nitrogens with one attached hydrogen (secondary N) is 1. The van der Waals surface area contributed by atoms with Crippen LogP contribution in [0.25, 0.3) is 11.4 Å². The first-order valence-corrected chi connectivity index (χ1v) is 9.07. The van der Waals surface area contributed by atoms with Crippen LogP contribution in [0.1, 0.15) is 15.2 Å². The van der Waals surface area contributed by atoms with Gasteiger partial charge in [0.1, 0.15) is 16.5 Å². The first kappa shape index (κ1) is 18.5. The summed E-state index contributed by atoms with van der Waals surface area (Å²) < 4.78 is 15.8. The summed E-state index contributed by atoms with van der Waals surface area (Å²) >= 11 is 7.41. The van der Waals surface area contributed by atoms with E-state index in [4.69, 9.17) is 17.3 Å². The second-order valence-corrected chi connectivity index (χ2v) is 7.36.